The highest BCUT2D eigenvalue weighted by Crippen LogP contribution is 2.25. The fourth-order valence-corrected chi connectivity index (χ4v) is 3.73. The minimum atomic E-state index is -0.931. The van der Waals surface area contributed by atoms with Crippen molar-refractivity contribution in [2.45, 2.75) is 23.6 Å². The van der Waals surface area contributed by atoms with E-state index in [2.05, 4.69) is 0 Å². The predicted molar refractivity (Wildman–Crippen MR) is 112 cm³/mol. The summed E-state index contributed by atoms with van der Waals surface area (Å²) in [6, 6.07) is 23.7. The number of thioether (sulfide) groups is 1. The van der Waals surface area contributed by atoms with Crippen LogP contribution < -0.4 is 0 Å². The van der Waals surface area contributed by atoms with Crippen LogP contribution in [-0.2, 0) is 23.5 Å². The van der Waals surface area contributed by atoms with Crippen molar-refractivity contribution in [2.24, 2.45) is 0 Å². The number of aromatic carboxylic acids is 1. The molecular formula is C23H21NO4S. The zero-order valence-corrected chi connectivity index (χ0v) is 16.5. The van der Waals surface area contributed by atoms with Crippen LogP contribution in [0, 0.1) is 0 Å². The average Bonchev–Trinajstić information content (AvgIpc) is 2.74. The van der Waals surface area contributed by atoms with Gasteiger partial charge in [-0.1, -0.05) is 60.7 Å². The molecule has 0 spiro atoms. The van der Waals surface area contributed by atoms with E-state index < -0.39 is 5.97 Å². The van der Waals surface area contributed by atoms with Crippen molar-refractivity contribution >= 4 is 23.6 Å². The number of hydrogen-bond donors (Lipinski definition) is 2. The maximum Gasteiger partial charge on any atom is 0.335 e. The van der Waals surface area contributed by atoms with Gasteiger partial charge in [-0.25, -0.2) is 9.86 Å². The van der Waals surface area contributed by atoms with Crippen molar-refractivity contribution in [1.29, 1.82) is 0 Å². The van der Waals surface area contributed by atoms with E-state index >= 15 is 0 Å². The Bertz CT molecular complexity index is 974. The lowest BCUT2D eigenvalue weighted by Gasteiger charge is -2.15. The quantitative estimate of drug-likeness (QED) is 0.323. The lowest BCUT2D eigenvalue weighted by atomic mass is 10.1. The van der Waals surface area contributed by atoms with E-state index in [1.54, 1.807) is 12.1 Å². The predicted octanol–water partition coefficient (Wildman–Crippen LogP) is 4.64. The van der Waals surface area contributed by atoms with E-state index in [9.17, 15) is 19.9 Å². The second-order valence-corrected chi connectivity index (χ2v) is 7.56. The van der Waals surface area contributed by atoms with Crippen molar-refractivity contribution in [3.8, 4) is 0 Å². The topological polar surface area (TPSA) is 77.8 Å². The van der Waals surface area contributed by atoms with Gasteiger partial charge < -0.3 is 5.11 Å². The highest BCUT2D eigenvalue weighted by Gasteiger charge is 2.13. The minimum absolute atomic E-state index is 0.110. The smallest absolute Gasteiger partial charge is 0.335 e. The third kappa shape index (κ3) is 5.94. The molecule has 0 aromatic heterocycles. The molecule has 0 fully saturated rings. The van der Waals surface area contributed by atoms with E-state index in [-0.39, 0.29) is 18.9 Å². The third-order valence-electron chi connectivity index (χ3n) is 4.38. The maximum atomic E-state index is 12.2. The molecule has 3 aromatic carbocycles. The number of nitrogens with zero attached hydrogens (tertiary/aromatic N) is 1. The molecule has 148 valence electrons. The fourth-order valence-electron chi connectivity index (χ4n) is 2.83. The summed E-state index contributed by atoms with van der Waals surface area (Å²) in [5.41, 5.74) is 2.74. The first kappa shape index (κ1) is 20.6. The monoisotopic (exact) mass is 407 g/mol. The van der Waals surface area contributed by atoms with E-state index in [1.165, 1.54) is 11.8 Å². The molecule has 0 aliphatic heterocycles. The van der Waals surface area contributed by atoms with Crippen LogP contribution in [0.15, 0.2) is 83.8 Å². The summed E-state index contributed by atoms with van der Waals surface area (Å²) >= 11 is 1.53. The lowest BCUT2D eigenvalue weighted by Crippen LogP contribution is -2.28. The van der Waals surface area contributed by atoms with Crippen molar-refractivity contribution in [2.75, 3.05) is 0 Å². The van der Waals surface area contributed by atoms with Gasteiger partial charge in [0.05, 0.1) is 18.5 Å². The average molecular weight is 407 g/mol. The number of rotatable bonds is 8. The normalized spacial score (nSPS) is 10.5. The van der Waals surface area contributed by atoms with Crippen LogP contribution in [0.25, 0.3) is 0 Å². The molecule has 0 saturated heterocycles. The molecule has 3 aromatic rings. The molecule has 0 atom stereocenters. The number of carbonyl (C=O) groups is 2. The number of hydroxylamine groups is 2. The Balaban J connectivity index is 1.55. The first-order valence-corrected chi connectivity index (χ1v) is 10.1. The minimum Gasteiger partial charge on any atom is -0.478 e. The second-order valence-electron chi connectivity index (χ2n) is 6.51. The molecule has 0 heterocycles. The van der Waals surface area contributed by atoms with Gasteiger partial charge in [-0.3, -0.25) is 10.0 Å². The van der Waals surface area contributed by atoms with E-state index in [0.717, 1.165) is 26.6 Å². The molecule has 5 nitrogen and oxygen atoms in total. The number of carbonyl (C=O) groups excluding carboxylic acids is 1. The summed E-state index contributed by atoms with van der Waals surface area (Å²) in [5.74, 6) is -0.747. The van der Waals surface area contributed by atoms with Gasteiger partial charge in [-0.05, 0) is 34.9 Å². The Morgan fingerprint density at radius 2 is 1.48 bits per heavy atom. The van der Waals surface area contributed by atoms with Gasteiger partial charge in [0.15, 0.2) is 0 Å². The van der Waals surface area contributed by atoms with Gasteiger partial charge >= 0.3 is 5.97 Å². The van der Waals surface area contributed by atoms with Crippen molar-refractivity contribution < 1.29 is 19.9 Å². The van der Waals surface area contributed by atoms with Crippen LogP contribution >= 0.6 is 11.8 Å². The van der Waals surface area contributed by atoms with Crippen molar-refractivity contribution in [3.63, 3.8) is 0 Å². The van der Waals surface area contributed by atoms with Crippen LogP contribution in [0.1, 0.15) is 27.0 Å². The van der Waals surface area contributed by atoms with Crippen molar-refractivity contribution in [1.82, 2.24) is 5.06 Å². The largest absolute Gasteiger partial charge is 0.478 e. The van der Waals surface area contributed by atoms with Gasteiger partial charge in [-0.2, -0.15) is 0 Å². The number of carboxylic acids is 1. The van der Waals surface area contributed by atoms with Gasteiger partial charge in [-0.15, -0.1) is 11.8 Å². The summed E-state index contributed by atoms with van der Waals surface area (Å²) in [6.45, 7) is 0.110. The van der Waals surface area contributed by atoms with Crippen LogP contribution in [-0.4, -0.2) is 27.3 Å². The number of carboxylic acid groups (broad SMARTS) is 1. The maximum absolute atomic E-state index is 12.2. The second kappa shape index (κ2) is 9.91. The van der Waals surface area contributed by atoms with Crippen LogP contribution in [0.3, 0.4) is 0 Å². The zero-order chi connectivity index (χ0) is 20.6. The van der Waals surface area contributed by atoms with Gasteiger partial charge in [0, 0.05) is 10.6 Å². The fraction of sp³-hybridized carbons (Fsp3) is 0.130. The Morgan fingerprint density at radius 3 is 2.17 bits per heavy atom. The molecule has 0 bridgehead atoms. The number of benzene rings is 3. The van der Waals surface area contributed by atoms with Crippen LogP contribution in [0.5, 0.6) is 0 Å². The highest BCUT2D eigenvalue weighted by atomic mass is 32.2. The molecular weight excluding hydrogens is 386 g/mol. The molecule has 0 aliphatic carbocycles. The van der Waals surface area contributed by atoms with E-state index in [4.69, 9.17) is 0 Å². The Hall–Kier alpha value is -3.09. The molecule has 29 heavy (non-hydrogen) atoms. The summed E-state index contributed by atoms with van der Waals surface area (Å²) in [7, 11) is 0. The lowest BCUT2D eigenvalue weighted by molar-refractivity contribution is -0.167. The molecule has 1 amide bonds. The molecule has 0 radical (unpaired) electrons. The molecule has 6 heteroatoms. The molecule has 0 saturated carbocycles. The third-order valence-corrected chi connectivity index (χ3v) is 5.44. The number of hydrogen-bond acceptors (Lipinski definition) is 4. The van der Waals surface area contributed by atoms with Crippen LogP contribution in [0.2, 0.25) is 0 Å². The SMILES string of the molecule is O=C(O)c1ccccc1CSc1ccc(CN(O)C(=O)Cc2ccccc2)cc1. The first-order valence-electron chi connectivity index (χ1n) is 9.09. The van der Waals surface area contributed by atoms with E-state index in [1.807, 2.05) is 66.7 Å². The highest BCUT2D eigenvalue weighted by molar-refractivity contribution is 7.98. The summed E-state index contributed by atoms with van der Waals surface area (Å²) < 4.78 is 0. The summed E-state index contributed by atoms with van der Waals surface area (Å²) in [4.78, 5) is 24.4. The van der Waals surface area contributed by atoms with Crippen molar-refractivity contribution in [3.05, 3.63) is 101 Å². The van der Waals surface area contributed by atoms with Crippen LogP contribution in [0.4, 0.5) is 0 Å². The van der Waals surface area contributed by atoms with E-state index in [0.29, 0.717) is 11.3 Å². The number of amides is 1. The van der Waals surface area contributed by atoms with Gasteiger partial charge in [0.1, 0.15) is 0 Å². The molecule has 0 unspecified atom stereocenters. The van der Waals surface area contributed by atoms with Gasteiger partial charge in [0.2, 0.25) is 0 Å². The zero-order valence-electron chi connectivity index (χ0n) is 15.7. The standard InChI is InChI=1S/C23H21NO4S/c25-22(14-17-6-2-1-3-7-17)24(28)15-18-10-12-20(13-11-18)29-16-19-8-4-5-9-21(19)23(26)27/h1-13,28H,14-16H2,(H,26,27). The Kier molecular flexibility index (Phi) is 7.05. The molecule has 0 aliphatic rings. The Labute approximate surface area is 173 Å². The first-order chi connectivity index (χ1) is 14.0. The summed E-state index contributed by atoms with van der Waals surface area (Å²) in [5, 5.41) is 20.0. The molecule has 2 N–H and O–H groups in total. The molecule has 3 rings (SSSR count). The summed E-state index contributed by atoms with van der Waals surface area (Å²) in [6.07, 6.45) is 0.147. The Morgan fingerprint density at radius 1 is 0.828 bits per heavy atom. The van der Waals surface area contributed by atoms with Gasteiger partial charge in [0.25, 0.3) is 5.91 Å².